The lowest BCUT2D eigenvalue weighted by molar-refractivity contribution is -0.00991. The van der Waals surface area contributed by atoms with Gasteiger partial charge in [-0.1, -0.05) is 18.2 Å². The molecule has 0 heterocycles. The van der Waals surface area contributed by atoms with E-state index in [0.717, 1.165) is 0 Å². The second-order valence-corrected chi connectivity index (χ2v) is 4.05. The number of methoxy groups -OCH3 is 1. The van der Waals surface area contributed by atoms with Crippen LogP contribution in [0.25, 0.3) is 0 Å². The minimum Gasteiger partial charge on any atom is -0.377 e. The molecule has 1 aromatic carbocycles. The highest BCUT2D eigenvalue weighted by Gasteiger charge is 2.30. The number of benzene rings is 1. The first-order valence-corrected chi connectivity index (χ1v) is 4.99. The molecule has 0 spiro atoms. The molecule has 1 atom stereocenters. The Balaban J connectivity index is 3.08. The molecule has 0 aliphatic heterocycles. The fourth-order valence-electron chi connectivity index (χ4n) is 1.70. The molecule has 3 heteroatoms. The third kappa shape index (κ3) is 2.55. The predicted octanol–water partition coefficient (Wildman–Crippen LogP) is 2.51. The molecule has 1 aromatic rings. The maximum Gasteiger partial charge on any atom is 0.128 e. The topological polar surface area (TPSA) is 21.3 Å². The van der Waals surface area contributed by atoms with Crippen LogP contribution < -0.4 is 5.32 Å². The smallest absolute Gasteiger partial charge is 0.128 e. The van der Waals surface area contributed by atoms with Crippen LogP contribution in [0.3, 0.4) is 0 Å². The Bertz CT molecular complexity index is 325. The number of halogens is 1. The van der Waals surface area contributed by atoms with Gasteiger partial charge >= 0.3 is 0 Å². The largest absolute Gasteiger partial charge is 0.377 e. The molecular formula is C12H18FNO. The molecular weight excluding hydrogens is 193 g/mol. The van der Waals surface area contributed by atoms with Crippen LogP contribution in [-0.4, -0.2) is 19.8 Å². The van der Waals surface area contributed by atoms with Gasteiger partial charge in [-0.15, -0.1) is 0 Å². The summed E-state index contributed by atoms with van der Waals surface area (Å²) in [4.78, 5) is 0. The fraction of sp³-hybridized carbons (Fsp3) is 0.500. The zero-order valence-corrected chi connectivity index (χ0v) is 9.67. The summed E-state index contributed by atoms with van der Waals surface area (Å²) in [5, 5.41) is 3.09. The van der Waals surface area contributed by atoms with E-state index in [-0.39, 0.29) is 11.9 Å². The molecule has 0 fully saturated rings. The molecule has 2 nitrogen and oxygen atoms in total. The van der Waals surface area contributed by atoms with Gasteiger partial charge in [0.15, 0.2) is 0 Å². The number of ether oxygens (including phenoxy) is 1. The monoisotopic (exact) mass is 211 g/mol. The lowest BCUT2D eigenvalue weighted by Crippen LogP contribution is -2.39. The molecule has 1 unspecified atom stereocenters. The van der Waals surface area contributed by atoms with Gasteiger partial charge in [-0.2, -0.15) is 0 Å². The fourth-order valence-corrected chi connectivity index (χ4v) is 1.70. The average molecular weight is 211 g/mol. The van der Waals surface area contributed by atoms with Crippen molar-refractivity contribution in [2.45, 2.75) is 25.5 Å². The van der Waals surface area contributed by atoms with Crippen molar-refractivity contribution in [3.05, 3.63) is 35.6 Å². The number of hydrogen-bond donors (Lipinski definition) is 1. The van der Waals surface area contributed by atoms with Crippen LogP contribution in [-0.2, 0) is 4.74 Å². The van der Waals surface area contributed by atoms with Crippen LogP contribution in [0.5, 0.6) is 0 Å². The zero-order valence-electron chi connectivity index (χ0n) is 9.67. The maximum absolute atomic E-state index is 13.6. The standard InChI is InChI=1S/C12H18FNO/c1-12(2,15-4)11(14-3)9-7-5-6-8-10(9)13/h5-8,11,14H,1-4H3. The number of likely N-dealkylation sites (N-methyl/N-ethyl adjacent to an activating group) is 1. The molecule has 0 radical (unpaired) electrons. The van der Waals surface area contributed by atoms with Crippen LogP contribution in [0.1, 0.15) is 25.5 Å². The highest BCUT2D eigenvalue weighted by atomic mass is 19.1. The van der Waals surface area contributed by atoms with E-state index < -0.39 is 5.60 Å². The molecule has 0 amide bonds. The van der Waals surface area contributed by atoms with Crippen LogP contribution in [0, 0.1) is 5.82 Å². The molecule has 0 aliphatic rings. The second kappa shape index (κ2) is 4.73. The Morgan fingerprint density at radius 3 is 2.40 bits per heavy atom. The van der Waals surface area contributed by atoms with E-state index in [1.54, 1.807) is 26.3 Å². The van der Waals surface area contributed by atoms with E-state index in [1.807, 2.05) is 19.9 Å². The van der Waals surface area contributed by atoms with Crippen molar-refractivity contribution in [2.75, 3.05) is 14.2 Å². The Kier molecular flexibility index (Phi) is 3.83. The molecule has 0 aliphatic carbocycles. The average Bonchev–Trinajstić information content (AvgIpc) is 2.21. The van der Waals surface area contributed by atoms with E-state index in [1.165, 1.54) is 6.07 Å². The number of nitrogens with one attached hydrogen (secondary N) is 1. The third-order valence-corrected chi connectivity index (χ3v) is 2.73. The summed E-state index contributed by atoms with van der Waals surface area (Å²) in [6.45, 7) is 3.86. The lowest BCUT2D eigenvalue weighted by atomic mass is 9.91. The van der Waals surface area contributed by atoms with Crippen molar-refractivity contribution in [3.63, 3.8) is 0 Å². The Hall–Kier alpha value is -0.930. The highest BCUT2D eigenvalue weighted by molar-refractivity contribution is 5.23. The molecule has 0 bridgehead atoms. The third-order valence-electron chi connectivity index (χ3n) is 2.73. The van der Waals surface area contributed by atoms with Gasteiger partial charge in [-0.05, 0) is 27.0 Å². The van der Waals surface area contributed by atoms with Crippen molar-refractivity contribution in [1.29, 1.82) is 0 Å². The summed E-state index contributed by atoms with van der Waals surface area (Å²) in [7, 11) is 3.43. The van der Waals surface area contributed by atoms with E-state index in [0.29, 0.717) is 5.56 Å². The van der Waals surface area contributed by atoms with Crippen molar-refractivity contribution < 1.29 is 9.13 Å². The molecule has 0 saturated heterocycles. The van der Waals surface area contributed by atoms with Crippen LogP contribution >= 0.6 is 0 Å². The van der Waals surface area contributed by atoms with Crippen molar-refractivity contribution >= 4 is 0 Å². The Morgan fingerprint density at radius 2 is 1.93 bits per heavy atom. The van der Waals surface area contributed by atoms with Gasteiger partial charge in [0.05, 0.1) is 11.6 Å². The van der Waals surface area contributed by atoms with Gasteiger partial charge in [0.2, 0.25) is 0 Å². The quantitative estimate of drug-likeness (QED) is 0.826. The molecule has 1 N–H and O–H groups in total. The van der Waals surface area contributed by atoms with Gasteiger partial charge in [-0.25, -0.2) is 4.39 Å². The van der Waals surface area contributed by atoms with E-state index in [9.17, 15) is 4.39 Å². The molecule has 15 heavy (non-hydrogen) atoms. The van der Waals surface area contributed by atoms with Gasteiger partial charge in [-0.3, -0.25) is 0 Å². The van der Waals surface area contributed by atoms with Crippen molar-refractivity contribution in [1.82, 2.24) is 5.32 Å². The summed E-state index contributed by atoms with van der Waals surface area (Å²) in [6, 6.07) is 6.59. The predicted molar refractivity (Wildman–Crippen MR) is 59.3 cm³/mol. The van der Waals surface area contributed by atoms with Gasteiger partial charge in [0.25, 0.3) is 0 Å². The molecule has 84 valence electrons. The van der Waals surface area contributed by atoms with Gasteiger partial charge < -0.3 is 10.1 Å². The zero-order chi connectivity index (χ0) is 11.5. The summed E-state index contributed by atoms with van der Waals surface area (Å²) >= 11 is 0. The molecule has 0 aromatic heterocycles. The van der Waals surface area contributed by atoms with E-state index in [2.05, 4.69) is 5.32 Å². The number of hydrogen-bond acceptors (Lipinski definition) is 2. The minimum atomic E-state index is -0.447. The summed E-state index contributed by atoms with van der Waals surface area (Å²) < 4.78 is 19.0. The van der Waals surface area contributed by atoms with Crippen LogP contribution in [0.4, 0.5) is 4.39 Å². The van der Waals surface area contributed by atoms with Gasteiger partial charge in [0, 0.05) is 12.7 Å². The first kappa shape index (κ1) is 12.1. The van der Waals surface area contributed by atoms with Crippen LogP contribution in [0.15, 0.2) is 24.3 Å². The molecule has 1 rings (SSSR count). The van der Waals surface area contributed by atoms with E-state index >= 15 is 0 Å². The summed E-state index contributed by atoms with van der Waals surface area (Å²) in [5.74, 6) is -0.207. The van der Waals surface area contributed by atoms with E-state index in [4.69, 9.17) is 4.74 Å². The maximum atomic E-state index is 13.6. The normalized spacial score (nSPS) is 13.9. The Morgan fingerprint density at radius 1 is 1.33 bits per heavy atom. The summed E-state index contributed by atoms with van der Waals surface area (Å²) in [5.41, 5.74) is 0.184. The van der Waals surface area contributed by atoms with Gasteiger partial charge in [0.1, 0.15) is 5.82 Å². The summed E-state index contributed by atoms with van der Waals surface area (Å²) in [6.07, 6.45) is 0. The highest BCUT2D eigenvalue weighted by Crippen LogP contribution is 2.29. The number of rotatable bonds is 4. The Labute approximate surface area is 90.4 Å². The SMILES string of the molecule is CNC(c1ccccc1F)C(C)(C)OC. The molecule has 0 saturated carbocycles. The van der Waals surface area contributed by atoms with Crippen LogP contribution in [0.2, 0.25) is 0 Å². The first-order chi connectivity index (χ1) is 7.03. The minimum absolute atomic E-state index is 0.163. The van der Waals surface area contributed by atoms with Crippen molar-refractivity contribution in [3.8, 4) is 0 Å². The van der Waals surface area contributed by atoms with Crippen molar-refractivity contribution in [2.24, 2.45) is 0 Å². The second-order valence-electron chi connectivity index (χ2n) is 4.05. The lowest BCUT2D eigenvalue weighted by Gasteiger charge is -2.33. The first-order valence-electron chi connectivity index (χ1n) is 4.99.